The molecule has 0 aliphatic carbocycles. The Hall–Kier alpha value is -2.07. The molecule has 1 heterocycles. The maximum absolute atomic E-state index is 12.6. The first-order valence-electron chi connectivity index (χ1n) is 8.38. The van der Waals surface area contributed by atoms with Gasteiger partial charge in [-0.25, -0.2) is 4.79 Å². The average molecular weight is 311 g/mol. The molecule has 122 valence electrons. The van der Waals surface area contributed by atoms with Gasteiger partial charge in [0.25, 0.3) is 0 Å². The van der Waals surface area contributed by atoms with Crippen LogP contribution in [0.25, 0.3) is 10.8 Å². The molecular formula is C19H25N3O. The van der Waals surface area contributed by atoms with Gasteiger partial charge in [0, 0.05) is 13.1 Å². The van der Waals surface area contributed by atoms with Crippen LogP contribution in [0.5, 0.6) is 0 Å². The average Bonchev–Trinajstić information content (AvgIpc) is 2.61. The van der Waals surface area contributed by atoms with E-state index in [-0.39, 0.29) is 12.1 Å². The van der Waals surface area contributed by atoms with Crippen molar-refractivity contribution < 1.29 is 4.79 Å². The Bertz CT molecular complexity index is 674. The molecule has 0 spiro atoms. The van der Waals surface area contributed by atoms with Crippen LogP contribution < -0.4 is 10.6 Å². The Morgan fingerprint density at radius 2 is 1.87 bits per heavy atom. The molecule has 0 aromatic heterocycles. The Morgan fingerprint density at radius 3 is 2.65 bits per heavy atom. The molecule has 2 aromatic rings. The molecule has 0 radical (unpaired) electrons. The van der Waals surface area contributed by atoms with Crippen molar-refractivity contribution in [2.24, 2.45) is 0 Å². The minimum atomic E-state index is -0.0160. The highest BCUT2D eigenvalue weighted by Crippen LogP contribution is 2.24. The predicted octanol–water partition coefficient (Wildman–Crippen LogP) is 3.29. The third-order valence-corrected chi connectivity index (χ3v) is 4.81. The Labute approximate surface area is 137 Å². The van der Waals surface area contributed by atoms with E-state index in [0.717, 1.165) is 31.5 Å². The number of hydrogen-bond acceptors (Lipinski definition) is 2. The lowest BCUT2D eigenvalue weighted by Crippen LogP contribution is -2.48. The van der Waals surface area contributed by atoms with Gasteiger partial charge in [0.05, 0.1) is 6.04 Å². The predicted molar refractivity (Wildman–Crippen MR) is 94.5 cm³/mol. The molecule has 1 atom stereocenters. The molecule has 1 saturated heterocycles. The molecule has 0 saturated carbocycles. The number of rotatable bonds is 3. The van der Waals surface area contributed by atoms with E-state index >= 15 is 0 Å². The quantitative estimate of drug-likeness (QED) is 0.913. The van der Waals surface area contributed by atoms with E-state index in [9.17, 15) is 4.79 Å². The minimum Gasteiger partial charge on any atom is -0.331 e. The molecular weight excluding hydrogens is 286 g/mol. The lowest BCUT2D eigenvalue weighted by atomic mass is 10.00. The number of carbonyl (C=O) groups excluding carboxylic acids is 1. The van der Waals surface area contributed by atoms with E-state index in [1.807, 2.05) is 24.1 Å². The molecule has 1 aliphatic rings. The highest BCUT2D eigenvalue weighted by molar-refractivity contribution is 5.86. The number of benzene rings is 2. The summed E-state index contributed by atoms with van der Waals surface area (Å²) in [5, 5.41) is 8.90. The van der Waals surface area contributed by atoms with Gasteiger partial charge in [-0.2, -0.15) is 0 Å². The molecule has 23 heavy (non-hydrogen) atoms. The normalized spacial score (nSPS) is 17.0. The Morgan fingerprint density at radius 1 is 1.17 bits per heavy atom. The lowest BCUT2D eigenvalue weighted by Gasteiger charge is -2.32. The summed E-state index contributed by atoms with van der Waals surface area (Å²) in [5.41, 5.74) is 1.16. The maximum Gasteiger partial charge on any atom is 0.317 e. The van der Waals surface area contributed by atoms with Crippen LogP contribution in [0.2, 0.25) is 0 Å². The van der Waals surface area contributed by atoms with Crippen molar-refractivity contribution in [3.63, 3.8) is 0 Å². The topological polar surface area (TPSA) is 44.4 Å². The highest BCUT2D eigenvalue weighted by atomic mass is 16.2. The number of piperidine rings is 1. The molecule has 2 aromatic carbocycles. The largest absolute Gasteiger partial charge is 0.331 e. The van der Waals surface area contributed by atoms with Crippen LogP contribution in [0.4, 0.5) is 4.79 Å². The number of fused-ring (bicyclic) bond motifs is 1. The lowest BCUT2D eigenvalue weighted by molar-refractivity contribution is 0.174. The third-order valence-electron chi connectivity index (χ3n) is 4.81. The van der Waals surface area contributed by atoms with Gasteiger partial charge in [-0.1, -0.05) is 42.5 Å². The number of urea groups is 1. The fourth-order valence-electron chi connectivity index (χ4n) is 3.35. The zero-order valence-electron chi connectivity index (χ0n) is 13.9. The fraction of sp³-hybridized carbons (Fsp3) is 0.421. The maximum atomic E-state index is 12.6. The summed E-state index contributed by atoms with van der Waals surface area (Å²) in [6.45, 7) is 4.03. The van der Waals surface area contributed by atoms with Crippen LogP contribution in [0.3, 0.4) is 0 Å². The molecule has 1 unspecified atom stereocenters. The summed E-state index contributed by atoms with van der Waals surface area (Å²) in [6.07, 6.45) is 2.04. The molecule has 0 bridgehead atoms. The standard InChI is InChI=1S/C19H25N3O/c1-14(17-9-5-7-15-6-3-4-8-18(15)17)21-19(23)22(2)16-10-12-20-13-11-16/h3-9,14,16,20H,10-13H2,1-2H3,(H,21,23). The smallest absolute Gasteiger partial charge is 0.317 e. The van der Waals surface area contributed by atoms with Crippen LogP contribution in [-0.4, -0.2) is 37.1 Å². The summed E-state index contributed by atoms with van der Waals surface area (Å²) in [7, 11) is 1.90. The van der Waals surface area contributed by atoms with E-state index in [1.165, 1.54) is 10.8 Å². The molecule has 1 fully saturated rings. The Balaban J connectivity index is 1.72. The van der Waals surface area contributed by atoms with E-state index in [2.05, 4.69) is 47.9 Å². The monoisotopic (exact) mass is 311 g/mol. The van der Waals surface area contributed by atoms with Crippen LogP contribution in [0, 0.1) is 0 Å². The van der Waals surface area contributed by atoms with E-state index in [4.69, 9.17) is 0 Å². The summed E-state index contributed by atoms with van der Waals surface area (Å²) >= 11 is 0. The van der Waals surface area contributed by atoms with Crippen LogP contribution in [0.15, 0.2) is 42.5 Å². The van der Waals surface area contributed by atoms with Gasteiger partial charge < -0.3 is 15.5 Å². The first-order valence-corrected chi connectivity index (χ1v) is 8.38. The molecule has 2 amide bonds. The van der Waals surface area contributed by atoms with E-state index < -0.39 is 0 Å². The first-order chi connectivity index (χ1) is 11.2. The van der Waals surface area contributed by atoms with Gasteiger partial charge in [-0.05, 0) is 49.2 Å². The van der Waals surface area contributed by atoms with Crippen molar-refractivity contribution in [1.82, 2.24) is 15.5 Å². The molecule has 1 aliphatic heterocycles. The SMILES string of the molecule is CC(NC(=O)N(C)C1CCNCC1)c1cccc2ccccc12. The van der Waals surface area contributed by atoms with Crippen molar-refractivity contribution in [1.29, 1.82) is 0 Å². The first kappa shape index (κ1) is 15.8. The number of nitrogens with one attached hydrogen (secondary N) is 2. The van der Waals surface area contributed by atoms with Crippen LogP contribution >= 0.6 is 0 Å². The van der Waals surface area contributed by atoms with Crippen molar-refractivity contribution in [3.05, 3.63) is 48.0 Å². The molecule has 3 rings (SSSR count). The van der Waals surface area contributed by atoms with Crippen molar-refractivity contribution in [3.8, 4) is 0 Å². The fourth-order valence-corrected chi connectivity index (χ4v) is 3.35. The van der Waals surface area contributed by atoms with E-state index in [0.29, 0.717) is 6.04 Å². The summed E-state index contributed by atoms with van der Waals surface area (Å²) in [6, 6.07) is 14.9. The number of amides is 2. The van der Waals surface area contributed by atoms with Gasteiger partial charge in [0.15, 0.2) is 0 Å². The third kappa shape index (κ3) is 3.48. The van der Waals surface area contributed by atoms with Crippen molar-refractivity contribution in [2.45, 2.75) is 31.8 Å². The molecule has 4 nitrogen and oxygen atoms in total. The van der Waals surface area contributed by atoms with Crippen LogP contribution in [-0.2, 0) is 0 Å². The van der Waals surface area contributed by atoms with Gasteiger partial charge in [0.1, 0.15) is 0 Å². The zero-order valence-corrected chi connectivity index (χ0v) is 13.9. The van der Waals surface area contributed by atoms with Gasteiger partial charge in [-0.3, -0.25) is 0 Å². The second-order valence-corrected chi connectivity index (χ2v) is 6.33. The van der Waals surface area contributed by atoms with Crippen molar-refractivity contribution in [2.75, 3.05) is 20.1 Å². The summed E-state index contributed by atoms with van der Waals surface area (Å²) in [4.78, 5) is 14.4. The second-order valence-electron chi connectivity index (χ2n) is 6.33. The van der Waals surface area contributed by atoms with Crippen molar-refractivity contribution >= 4 is 16.8 Å². The van der Waals surface area contributed by atoms with Gasteiger partial charge >= 0.3 is 6.03 Å². The van der Waals surface area contributed by atoms with Gasteiger partial charge in [0.2, 0.25) is 0 Å². The Kier molecular flexibility index (Phi) is 4.82. The second kappa shape index (κ2) is 7.01. The highest BCUT2D eigenvalue weighted by Gasteiger charge is 2.23. The zero-order chi connectivity index (χ0) is 16.2. The number of carbonyl (C=O) groups is 1. The summed E-state index contributed by atoms with van der Waals surface area (Å²) < 4.78 is 0. The van der Waals surface area contributed by atoms with Crippen LogP contribution in [0.1, 0.15) is 31.4 Å². The summed E-state index contributed by atoms with van der Waals surface area (Å²) in [5.74, 6) is 0. The molecule has 4 heteroatoms. The number of nitrogens with zero attached hydrogens (tertiary/aromatic N) is 1. The molecule has 2 N–H and O–H groups in total. The van der Waals surface area contributed by atoms with Gasteiger partial charge in [-0.15, -0.1) is 0 Å². The van der Waals surface area contributed by atoms with E-state index in [1.54, 1.807) is 0 Å². The minimum absolute atomic E-state index is 0.0114. The number of hydrogen-bond donors (Lipinski definition) is 2.